The number of fused-ring (bicyclic) bond motifs is 1. The largest absolute Gasteiger partial charge is 0.480 e. The molecule has 0 bridgehead atoms. The summed E-state index contributed by atoms with van der Waals surface area (Å²) < 4.78 is 41.8. The lowest BCUT2D eigenvalue weighted by Crippen LogP contribution is -2.56. The smallest absolute Gasteiger partial charge is 0.458 e. The Balaban J connectivity index is 1.46. The van der Waals surface area contributed by atoms with Crippen molar-refractivity contribution in [1.82, 2.24) is 0 Å². The third kappa shape index (κ3) is 14.8. The van der Waals surface area contributed by atoms with Crippen LogP contribution in [0.2, 0.25) is 0 Å². The van der Waals surface area contributed by atoms with Gasteiger partial charge in [-0.1, -0.05) is 103 Å². The fourth-order valence-corrected chi connectivity index (χ4v) is 7.31. The number of carbonyl (C=O) groups excluding carboxylic acids is 1. The van der Waals surface area contributed by atoms with Gasteiger partial charge in [0.25, 0.3) is 0 Å². The number of quaternary nitrogens is 1. The number of ether oxygens (including phenoxy) is 2. The standard InChI is InChI=1S/C30H59NO7P/c1-5-6-7-8-9-10-11-12-13-14-15-16-17-18-19-20-24-34-25-28(36-27(2)32)26-35-39(33)37-29-22-21-23-31(3,4)30(29)38-39/h28-30H,5-26H2,1-4H3/q+1. The van der Waals surface area contributed by atoms with Gasteiger partial charge < -0.3 is 14.0 Å². The Morgan fingerprint density at radius 3 is 1.90 bits per heavy atom. The van der Waals surface area contributed by atoms with Crippen molar-refractivity contribution in [2.45, 2.75) is 148 Å². The van der Waals surface area contributed by atoms with Crippen LogP contribution in [0.25, 0.3) is 0 Å². The Morgan fingerprint density at radius 2 is 1.38 bits per heavy atom. The molecule has 0 spiro atoms. The third-order valence-corrected chi connectivity index (χ3v) is 9.40. The Labute approximate surface area is 239 Å². The fourth-order valence-electron chi connectivity index (χ4n) is 5.60. The molecule has 9 heteroatoms. The summed E-state index contributed by atoms with van der Waals surface area (Å²) in [4.78, 5) is 11.5. The van der Waals surface area contributed by atoms with Gasteiger partial charge in [0, 0.05) is 13.5 Å². The molecule has 2 aliphatic rings. The Kier molecular flexibility index (Phi) is 17.4. The average Bonchev–Trinajstić information content (AvgIpc) is 3.24. The highest BCUT2D eigenvalue weighted by atomic mass is 31.2. The van der Waals surface area contributed by atoms with Gasteiger partial charge in [-0.2, -0.15) is 0 Å². The number of likely N-dealkylation sites (N-methyl/N-ethyl adjacent to an activating group) is 1. The minimum absolute atomic E-state index is 0.0807. The number of likely N-dealkylation sites (tertiary alicyclic amines) is 1. The van der Waals surface area contributed by atoms with Crippen LogP contribution in [0.3, 0.4) is 0 Å². The first-order chi connectivity index (χ1) is 18.8. The number of unbranched alkanes of at least 4 members (excludes halogenated alkanes) is 15. The van der Waals surface area contributed by atoms with Gasteiger partial charge in [0.15, 0.2) is 0 Å². The Hall–Kier alpha value is -0.500. The van der Waals surface area contributed by atoms with E-state index in [1.807, 2.05) is 14.1 Å². The van der Waals surface area contributed by atoms with E-state index < -0.39 is 19.9 Å². The van der Waals surface area contributed by atoms with Crippen LogP contribution in [0, 0.1) is 0 Å². The second-order valence-electron chi connectivity index (χ2n) is 12.1. The van der Waals surface area contributed by atoms with Crippen molar-refractivity contribution in [2.75, 3.05) is 40.5 Å². The molecule has 39 heavy (non-hydrogen) atoms. The molecule has 0 radical (unpaired) electrons. The van der Waals surface area contributed by atoms with Crippen LogP contribution < -0.4 is 0 Å². The molecule has 0 aromatic carbocycles. The van der Waals surface area contributed by atoms with Crippen molar-refractivity contribution in [3.63, 3.8) is 0 Å². The molecule has 4 unspecified atom stereocenters. The lowest BCUT2D eigenvalue weighted by atomic mass is 10.0. The molecule has 4 atom stereocenters. The van der Waals surface area contributed by atoms with Crippen LogP contribution in [0.5, 0.6) is 0 Å². The molecule has 230 valence electrons. The van der Waals surface area contributed by atoms with E-state index in [4.69, 9.17) is 23.0 Å². The zero-order valence-electron chi connectivity index (χ0n) is 25.5. The first kappa shape index (κ1) is 34.7. The molecule has 2 saturated heterocycles. The summed E-state index contributed by atoms with van der Waals surface area (Å²) in [7, 11) is 0.398. The summed E-state index contributed by atoms with van der Waals surface area (Å²) in [5.74, 6) is -0.424. The van der Waals surface area contributed by atoms with E-state index in [1.54, 1.807) is 0 Å². The van der Waals surface area contributed by atoms with Gasteiger partial charge in [0.2, 0.25) is 6.23 Å². The van der Waals surface area contributed by atoms with E-state index in [0.29, 0.717) is 11.1 Å². The van der Waals surface area contributed by atoms with Crippen LogP contribution in [0.15, 0.2) is 0 Å². The predicted octanol–water partition coefficient (Wildman–Crippen LogP) is 7.93. The molecule has 0 aromatic heterocycles. The van der Waals surface area contributed by atoms with Gasteiger partial charge in [-0.25, -0.2) is 9.09 Å². The highest BCUT2D eigenvalue weighted by Crippen LogP contribution is 2.60. The summed E-state index contributed by atoms with van der Waals surface area (Å²) in [6.07, 6.45) is 21.9. The van der Waals surface area contributed by atoms with Crippen molar-refractivity contribution in [1.29, 1.82) is 0 Å². The molecule has 0 aromatic rings. The fraction of sp³-hybridized carbons (Fsp3) is 0.967. The number of rotatable bonds is 23. The van der Waals surface area contributed by atoms with E-state index in [-0.39, 0.29) is 25.5 Å². The molecule has 2 aliphatic heterocycles. The van der Waals surface area contributed by atoms with Crippen molar-refractivity contribution in [3.05, 3.63) is 0 Å². The molecular weight excluding hydrogens is 517 g/mol. The van der Waals surface area contributed by atoms with Gasteiger partial charge >= 0.3 is 13.8 Å². The molecule has 8 nitrogen and oxygen atoms in total. The second kappa shape index (κ2) is 19.6. The van der Waals surface area contributed by atoms with Gasteiger partial charge in [-0.05, 0) is 19.3 Å². The summed E-state index contributed by atoms with van der Waals surface area (Å²) in [6.45, 7) is 5.29. The van der Waals surface area contributed by atoms with Gasteiger partial charge in [0.05, 0.1) is 33.9 Å². The minimum Gasteiger partial charge on any atom is -0.458 e. The molecule has 0 saturated carbocycles. The van der Waals surface area contributed by atoms with Crippen molar-refractivity contribution in [2.24, 2.45) is 0 Å². The van der Waals surface area contributed by atoms with Crippen LogP contribution >= 0.6 is 7.82 Å². The van der Waals surface area contributed by atoms with E-state index in [0.717, 1.165) is 32.2 Å². The number of phosphoric acid groups is 1. The highest BCUT2D eigenvalue weighted by molar-refractivity contribution is 7.48. The monoisotopic (exact) mass is 576 g/mol. The molecule has 2 heterocycles. The summed E-state index contributed by atoms with van der Waals surface area (Å²) in [5.41, 5.74) is 0. The van der Waals surface area contributed by atoms with Gasteiger partial charge in [0.1, 0.15) is 12.2 Å². The minimum atomic E-state index is -3.69. The second-order valence-corrected chi connectivity index (χ2v) is 13.7. The number of nitrogens with zero attached hydrogens (tertiary/aromatic N) is 1. The topological polar surface area (TPSA) is 80.3 Å². The Bertz CT molecular complexity index is 705. The predicted molar refractivity (Wildman–Crippen MR) is 155 cm³/mol. The van der Waals surface area contributed by atoms with Gasteiger partial charge in [-0.3, -0.25) is 13.8 Å². The number of carbonyl (C=O) groups is 1. The maximum absolute atomic E-state index is 13.0. The maximum atomic E-state index is 13.0. The van der Waals surface area contributed by atoms with Crippen molar-refractivity contribution < 1.29 is 36.9 Å². The van der Waals surface area contributed by atoms with Crippen molar-refractivity contribution in [3.8, 4) is 0 Å². The SMILES string of the molecule is CCCCCCCCCCCCCCCCCCOCC(COP1(=O)OC2CCC[N+](C)(C)C2O1)OC(C)=O. The molecular formula is C30H59NO7P+. The summed E-state index contributed by atoms with van der Waals surface area (Å²) in [5, 5.41) is 0. The number of piperidine rings is 1. The third-order valence-electron chi connectivity index (χ3n) is 7.93. The first-order valence-electron chi connectivity index (χ1n) is 15.9. The summed E-state index contributed by atoms with van der Waals surface area (Å²) >= 11 is 0. The molecule has 0 amide bonds. The van der Waals surface area contributed by atoms with Crippen LogP contribution in [-0.4, -0.2) is 69.3 Å². The molecule has 2 rings (SSSR count). The zero-order chi connectivity index (χ0) is 28.4. The summed E-state index contributed by atoms with van der Waals surface area (Å²) in [6, 6.07) is 0. The van der Waals surface area contributed by atoms with Crippen LogP contribution in [0.4, 0.5) is 0 Å². The highest BCUT2D eigenvalue weighted by Gasteiger charge is 2.55. The Morgan fingerprint density at radius 1 is 0.846 bits per heavy atom. The normalized spacial score (nSPS) is 24.9. The molecule has 0 N–H and O–H groups in total. The molecule has 2 fully saturated rings. The van der Waals surface area contributed by atoms with E-state index in [2.05, 4.69) is 6.92 Å². The van der Waals surface area contributed by atoms with Gasteiger partial charge in [-0.15, -0.1) is 0 Å². The number of phosphoric ester groups is 1. The number of esters is 1. The van der Waals surface area contributed by atoms with Crippen LogP contribution in [-0.2, 0) is 32.4 Å². The lowest BCUT2D eigenvalue weighted by Gasteiger charge is -2.39. The van der Waals surface area contributed by atoms with Crippen molar-refractivity contribution >= 4 is 13.8 Å². The molecule has 0 aliphatic carbocycles. The van der Waals surface area contributed by atoms with E-state index >= 15 is 0 Å². The zero-order valence-corrected chi connectivity index (χ0v) is 26.4. The van der Waals surface area contributed by atoms with E-state index in [1.165, 1.54) is 96.8 Å². The first-order valence-corrected chi connectivity index (χ1v) is 17.4. The average molecular weight is 577 g/mol. The number of hydrogen-bond acceptors (Lipinski definition) is 7. The quantitative estimate of drug-likeness (QED) is 0.0529. The maximum Gasteiger partial charge on any atom is 0.480 e. The van der Waals surface area contributed by atoms with E-state index in [9.17, 15) is 9.36 Å². The lowest BCUT2D eigenvalue weighted by molar-refractivity contribution is -0.939. The van der Waals surface area contributed by atoms with Crippen LogP contribution in [0.1, 0.15) is 129 Å². The number of hydrogen-bond donors (Lipinski definition) is 0.